The first-order chi connectivity index (χ1) is 15.4. The monoisotopic (exact) mass is 497 g/mol. The van der Waals surface area contributed by atoms with Crippen molar-refractivity contribution in [3.8, 4) is 5.75 Å². The summed E-state index contributed by atoms with van der Waals surface area (Å²) in [6.07, 6.45) is 1.36. The minimum Gasteiger partial charge on any atom is -0.492 e. The number of hydrogen-bond acceptors (Lipinski definition) is 6. The maximum Gasteiger partial charge on any atom is 0.244 e. The molecule has 0 radical (unpaired) electrons. The number of amides is 1. The zero-order valence-electron chi connectivity index (χ0n) is 19.5. The van der Waals surface area contributed by atoms with Gasteiger partial charge in [-0.3, -0.25) is 9.10 Å². The van der Waals surface area contributed by atoms with Gasteiger partial charge in [0.05, 0.1) is 23.4 Å². The van der Waals surface area contributed by atoms with Gasteiger partial charge in [0.1, 0.15) is 18.4 Å². The molecule has 1 N–H and O–H groups in total. The topological polar surface area (TPSA) is 113 Å². The second kappa shape index (κ2) is 11.0. The highest BCUT2D eigenvalue weighted by atomic mass is 32.2. The van der Waals surface area contributed by atoms with Crippen LogP contribution in [0.25, 0.3) is 0 Å². The maximum atomic E-state index is 12.8. The van der Waals surface area contributed by atoms with Gasteiger partial charge in [0.25, 0.3) is 0 Å². The van der Waals surface area contributed by atoms with Crippen molar-refractivity contribution in [1.29, 1.82) is 0 Å². The molecular formula is C22H31N3O6S2. The molecule has 2 aromatic rings. The van der Waals surface area contributed by atoms with Crippen molar-refractivity contribution in [3.05, 3.63) is 54.1 Å². The fourth-order valence-corrected chi connectivity index (χ4v) is 5.24. The Morgan fingerprint density at radius 2 is 1.58 bits per heavy atom. The summed E-state index contributed by atoms with van der Waals surface area (Å²) in [5.41, 5.74) is 1.41. The number of sulfonamides is 2. The van der Waals surface area contributed by atoms with Crippen molar-refractivity contribution in [1.82, 2.24) is 9.62 Å². The van der Waals surface area contributed by atoms with Gasteiger partial charge in [0, 0.05) is 14.1 Å². The van der Waals surface area contributed by atoms with Crippen LogP contribution in [0.5, 0.6) is 5.75 Å². The molecule has 2 rings (SSSR count). The summed E-state index contributed by atoms with van der Waals surface area (Å²) in [4.78, 5) is 12.9. The van der Waals surface area contributed by atoms with Crippen molar-refractivity contribution in [2.45, 2.75) is 31.2 Å². The average Bonchev–Trinajstić information content (AvgIpc) is 2.75. The highest BCUT2D eigenvalue weighted by Gasteiger charge is 2.31. The molecule has 0 spiro atoms. The minimum absolute atomic E-state index is 0.130. The van der Waals surface area contributed by atoms with Crippen LogP contribution in [0.2, 0.25) is 0 Å². The minimum atomic E-state index is -3.69. The Morgan fingerprint density at radius 3 is 2.06 bits per heavy atom. The van der Waals surface area contributed by atoms with Gasteiger partial charge in [0.15, 0.2) is 0 Å². The van der Waals surface area contributed by atoms with Crippen LogP contribution in [0.4, 0.5) is 5.69 Å². The molecule has 9 nitrogen and oxygen atoms in total. The van der Waals surface area contributed by atoms with E-state index < -0.39 is 32.0 Å². The van der Waals surface area contributed by atoms with E-state index in [2.05, 4.69) is 5.32 Å². The first kappa shape index (κ1) is 26.6. The third kappa shape index (κ3) is 6.92. The molecule has 1 atom stereocenters. The summed E-state index contributed by atoms with van der Waals surface area (Å²) in [7, 11) is -4.31. The molecule has 0 fully saturated rings. The van der Waals surface area contributed by atoms with Crippen molar-refractivity contribution in [3.63, 3.8) is 0 Å². The molecule has 0 unspecified atom stereocenters. The molecular weight excluding hydrogens is 466 g/mol. The fourth-order valence-electron chi connectivity index (χ4n) is 3.13. The van der Waals surface area contributed by atoms with Crippen LogP contribution in [-0.2, 0) is 24.8 Å². The summed E-state index contributed by atoms with van der Waals surface area (Å²) in [5, 5.41) is 2.72. The summed E-state index contributed by atoms with van der Waals surface area (Å²) in [6, 6.07) is 12.0. The number of hydrogen-bond donors (Lipinski definition) is 1. The molecule has 182 valence electrons. The van der Waals surface area contributed by atoms with Gasteiger partial charge in [-0.15, -0.1) is 0 Å². The van der Waals surface area contributed by atoms with Crippen LogP contribution >= 0.6 is 0 Å². The van der Waals surface area contributed by atoms with Crippen LogP contribution in [0.15, 0.2) is 53.4 Å². The van der Waals surface area contributed by atoms with E-state index in [0.29, 0.717) is 11.4 Å². The molecule has 1 amide bonds. The Morgan fingerprint density at radius 1 is 1.00 bits per heavy atom. The van der Waals surface area contributed by atoms with Gasteiger partial charge < -0.3 is 10.1 Å². The molecule has 11 heteroatoms. The second-order valence-corrected chi connectivity index (χ2v) is 11.7. The third-order valence-electron chi connectivity index (χ3n) is 4.89. The molecule has 0 heterocycles. The first-order valence-corrected chi connectivity index (χ1v) is 13.7. The van der Waals surface area contributed by atoms with E-state index in [-0.39, 0.29) is 24.5 Å². The highest BCUT2D eigenvalue weighted by Crippen LogP contribution is 2.23. The van der Waals surface area contributed by atoms with Gasteiger partial charge in [-0.2, -0.15) is 0 Å². The Bertz CT molecular complexity index is 1150. The van der Waals surface area contributed by atoms with Crippen molar-refractivity contribution in [2.75, 3.05) is 37.8 Å². The van der Waals surface area contributed by atoms with E-state index in [0.717, 1.165) is 20.4 Å². The van der Waals surface area contributed by atoms with E-state index in [9.17, 15) is 21.6 Å². The molecule has 33 heavy (non-hydrogen) atoms. The van der Waals surface area contributed by atoms with Crippen LogP contribution in [-0.4, -0.2) is 66.6 Å². The predicted octanol–water partition coefficient (Wildman–Crippen LogP) is 1.99. The SMILES string of the molecule is CC[C@@H](C(=O)NCCOc1ccc(S(=O)(=O)N(C)C)cc1)N(c1ccc(C)cc1)S(C)(=O)=O. The van der Waals surface area contributed by atoms with E-state index in [1.165, 1.54) is 38.4 Å². The molecule has 0 saturated carbocycles. The second-order valence-electron chi connectivity index (χ2n) is 7.72. The fraction of sp³-hybridized carbons (Fsp3) is 0.409. The Hall–Kier alpha value is -2.63. The number of ether oxygens (including phenoxy) is 1. The summed E-state index contributed by atoms with van der Waals surface area (Å²) >= 11 is 0. The van der Waals surface area contributed by atoms with Crippen LogP contribution < -0.4 is 14.4 Å². The van der Waals surface area contributed by atoms with E-state index in [4.69, 9.17) is 4.74 Å². The maximum absolute atomic E-state index is 12.8. The number of nitrogens with zero attached hydrogens (tertiary/aromatic N) is 2. The van der Waals surface area contributed by atoms with Gasteiger partial charge in [0.2, 0.25) is 26.0 Å². The summed E-state index contributed by atoms with van der Waals surface area (Å²) in [6.45, 7) is 3.92. The number of nitrogens with one attached hydrogen (secondary N) is 1. The predicted molar refractivity (Wildman–Crippen MR) is 128 cm³/mol. The summed E-state index contributed by atoms with van der Waals surface area (Å²) in [5.74, 6) is 0.0194. The zero-order chi connectivity index (χ0) is 24.8. The lowest BCUT2D eigenvalue weighted by molar-refractivity contribution is -0.122. The lowest BCUT2D eigenvalue weighted by atomic mass is 10.1. The lowest BCUT2D eigenvalue weighted by Crippen LogP contribution is -2.50. The van der Waals surface area contributed by atoms with Gasteiger partial charge in [-0.25, -0.2) is 21.1 Å². The Kier molecular flexibility index (Phi) is 8.87. The summed E-state index contributed by atoms with van der Waals surface area (Å²) < 4.78 is 56.9. The molecule has 0 aromatic heterocycles. The van der Waals surface area contributed by atoms with Crippen molar-refractivity contribution in [2.24, 2.45) is 0 Å². The first-order valence-electron chi connectivity index (χ1n) is 10.4. The van der Waals surface area contributed by atoms with Crippen LogP contribution in [0.1, 0.15) is 18.9 Å². The van der Waals surface area contributed by atoms with Crippen molar-refractivity contribution < 1.29 is 26.4 Å². The number of anilines is 1. The number of benzene rings is 2. The molecule has 0 saturated heterocycles. The standard InChI is InChI=1S/C22H31N3O6S2/c1-6-21(25(32(5,27)28)18-9-7-17(2)8-10-18)22(26)23-15-16-31-19-11-13-20(14-12-19)33(29,30)24(3)4/h7-14,21H,6,15-16H2,1-5H3,(H,23,26)/t21-/m0/s1. The molecule has 0 aliphatic heterocycles. The largest absolute Gasteiger partial charge is 0.492 e. The molecule has 0 bridgehead atoms. The van der Waals surface area contributed by atoms with Gasteiger partial charge in [-0.1, -0.05) is 24.6 Å². The Labute approximate surface area is 196 Å². The smallest absolute Gasteiger partial charge is 0.244 e. The van der Waals surface area contributed by atoms with E-state index in [1.54, 1.807) is 31.2 Å². The number of carbonyl (C=O) groups is 1. The molecule has 0 aliphatic rings. The quantitative estimate of drug-likeness (QED) is 0.475. The zero-order valence-corrected chi connectivity index (χ0v) is 21.1. The van der Waals surface area contributed by atoms with E-state index in [1.807, 2.05) is 6.92 Å². The average molecular weight is 498 g/mol. The third-order valence-corrected chi connectivity index (χ3v) is 7.90. The van der Waals surface area contributed by atoms with Crippen LogP contribution in [0, 0.1) is 6.92 Å². The lowest BCUT2D eigenvalue weighted by Gasteiger charge is -2.30. The van der Waals surface area contributed by atoms with Crippen LogP contribution in [0.3, 0.4) is 0 Å². The van der Waals surface area contributed by atoms with Crippen molar-refractivity contribution >= 4 is 31.6 Å². The van der Waals surface area contributed by atoms with Gasteiger partial charge in [-0.05, 0) is 49.7 Å². The number of rotatable bonds is 11. The number of carbonyl (C=O) groups excluding carboxylic acids is 1. The Balaban J connectivity index is 2.00. The normalized spacial score (nSPS) is 12.9. The van der Waals surface area contributed by atoms with Gasteiger partial charge >= 0.3 is 0 Å². The number of aryl methyl sites for hydroxylation is 1. The highest BCUT2D eigenvalue weighted by molar-refractivity contribution is 7.92. The van der Waals surface area contributed by atoms with E-state index >= 15 is 0 Å². The molecule has 2 aromatic carbocycles. The molecule has 0 aliphatic carbocycles.